The second kappa shape index (κ2) is 10.4. The maximum Gasteiger partial charge on any atom is 0.261 e. The summed E-state index contributed by atoms with van der Waals surface area (Å²) in [6, 6.07) is 15.0. The van der Waals surface area contributed by atoms with Crippen molar-refractivity contribution in [1.29, 1.82) is 0 Å². The summed E-state index contributed by atoms with van der Waals surface area (Å²) < 4.78 is 48.1. The number of halogens is 3. The largest absolute Gasteiger partial charge is 0.420 e. The van der Waals surface area contributed by atoms with E-state index in [0.717, 1.165) is 24.8 Å². The molecule has 6 rings (SSSR count). The number of piperidine rings is 1. The van der Waals surface area contributed by atoms with Crippen LogP contribution in [0.4, 0.5) is 10.1 Å². The zero-order valence-electron chi connectivity index (χ0n) is 21.9. The number of hydrogen-bond donors (Lipinski definition) is 1. The Morgan fingerprint density at radius 3 is 2.56 bits per heavy atom. The SMILES string of the molecule is Cc1ccc(NS(=O)(=O)c2ccc(Cl)c(C(=O)N3CCC4(CC3)CC4c3nnc(-c4cccc(F)c4)o3)c2)cc1Cl. The van der Waals surface area contributed by atoms with Crippen molar-refractivity contribution in [3.05, 3.63) is 93.5 Å². The van der Waals surface area contributed by atoms with E-state index in [0.29, 0.717) is 35.3 Å². The Morgan fingerprint density at radius 2 is 1.83 bits per heavy atom. The smallest absolute Gasteiger partial charge is 0.261 e. The number of carbonyl (C=O) groups excluding carboxylic acids is 1. The molecule has 3 aromatic carbocycles. The highest BCUT2D eigenvalue weighted by Crippen LogP contribution is 2.64. The van der Waals surface area contributed by atoms with Crippen molar-refractivity contribution >= 4 is 44.8 Å². The van der Waals surface area contributed by atoms with Crippen LogP contribution in [0.1, 0.15) is 47.0 Å². The van der Waals surface area contributed by atoms with E-state index in [4.69, 9.17) is 27.6 Å². The van der Waals surface area contributed by atoms with Crippen LogP contribution in [0, 0.1) is 18.2 Å². The molecule has 2 fully saturated rings. The van der Waals surface area contributed by atoms with Crippen molar-refractivity contribution in [2.45, 2.75) is 37.0 Å². The summed E-state index contributed by atoms with van der Waals surface area (Å²) in [6.45, 7) is 2.78. The van der Waals surface area contributed by atoms with E-state index in [-0.39, 0.29) is 44.4 Å². The lowest BCUT2D eigenvalue weighted by atomic mass is 9.90. The molecular formula is C29H25Cl2FN4O4S. The molecule has 1 amide bonds. The zero-order valence-corrected chi connectivity index (χ0v) is 24.2. The number of sulfonamides is 1. The summed E-state index contributed by atoms with van der Waals surface area (Å²) in [4.78, 5) is 15.1. The fraction of sp³-hybridized carbons (Fsp3) is 0.276. The van der Waals surface area contributed by atoms with Crippen LogP contribution in [0.3, 0.4) is 0 Å². The fourth-order valence-electron chi connectivity index (χ4n) is 5.39. The molecule has 4 aromatic rings. The summed E-state index contributed by atoms with van der Waals surface area (Å²) in [5.74, 6) is 0.167. The van der Waals surface area contributed by atoms with Gasteiger partial charge in [0.1, 0.15) is 5.82 Å². The fourth-order valence-corrected chi connectivity index (χ4v) is 6.85. The maximum absolute atomic E-state index is 13.6. The summed E-state index contributed by atoms with van der Waals surface area (Å²) in [6.07, 6.45) is 2.32. The van der Waals surface area contributed by atoms with E-state index in [9.17, 15) is 17.6 Å². The first-order valence-electron chi connectivity index (χ1n) is 13.0. The van der Waals surface area contributed by atoms with Crippen molar-refractivity contribution in [3.8, 4) is 11.5 Å². The quantitative estimate of drug-likeness (QED) is 0.259. The zero-order chi connectivity index (χ0) is 28.9. The molecule has 1 aliphatic carbocycles. The second-order valence-corrected chi connectivity index (χ2v) is 13.1. The summed E-state index contributed by atoms with van der Waals surface area (Å²) >= 11 is 12.5. The predicted octanol–water partition coefficient (Wildman–Crippen LogP) is 6.70. The normalized spacial score (nSPS) is 18.0. The van der Waals surface area contributed by atoms with Crippen LogP contribution >= 0.6 is 23.2 Å². The van der Waals surface area contributed by atoms with Crippen LogP contribution < -0.4 is 4.72 Å². The van der Waals surface area contributed by atoms with Gasteiger partial charge in [0.15, 0.2) is 0 Å². The van der Waals surface area contributed by atoms with Crippen LogP contribution in [0.15, 0.2) is 70.0 Å². The lowest BCUT2D eigenvalue weighted by Crippen LogP contribution is -2.39. The lowest BCUT2D eigenvalue weighted by molar-refractivity contribution is 0.0673. The molecule has 1 saturated carbocycles. The maximum atomic E-state index is 13.6. The van der Waals surface area contributed by atoms with Gasteiger partial charge in [-0.15, -0.1) is 10.2 Å². The van der Waals surface area contributed by atoms with Crippen LogP contribution in [-0.2, 0) is 10.0 Å². The molecule has 8 nitrogen and oxygen atoms in total. The summed E-state index contributed by atoms with van der Waals surface area (Å²) in [5, 5.41) is 8.92. The number of anilines is 1. The number of aromatic nitrogens is 2. The van der Waals surface area contributed by atoms with Gasteiger partial charge in [-0.3, -0.25) is 9.52 Å². The molecule has 1 saturated heterocycles. The lowest BCUT2D eigenvalue weighted by Gasteiger charge is -2.33. The number of likely N-dealkylation sites (tertiary alicyclic amines) is 1. The van der Waals surface area contributed by atoms with E-state index in [1.807, 2.05) is 6.92 Å². The van der Waals surface area contributed by atoms with E-state index < -0.39 is 10.0 Å². The van der Waals surface area contributed by atoms with Crippen molar-refractivity contribution in [2.75, 3.05) is 17.8 Å². The van der Waals surface area contributed by atoms with Crippen molar-refractivity contribution in [1.82, 2.24) is 15.1 Å². The highest BCUT2D eigenvalue weighted by atomic mass is 35.5. The molecule has 1 aromatic heterocycles. The summed E-state index contributed by atoms with van der Waals surface area (Å²) in [5.41, 5.74) is 1.74. The van der Waals surface area contributed by atoms with Gasteiger partial charge in [0.25, 0.3) is 15.9 Å². The molecule has 1 spiro atoms. The summed E-state index contributed by atoms with van der Waals surface area (Å²) in [7, 11) is -4.00. The number of hydrogen-bond acceptors (Lipinski definition) is 6. The van der Waals surface area contributed by atoms with Gasteiger partial charge in [0.2, 0.25) is 11.8 Å². The first kappa shape index (κ1) is 27.7. The van der Waals surface area contributed by atoms with Gasteiger partial charge in [0, 0.05) is 29.6 Å². The number of rotatable bonds is 6. The number of nitrogens with one attached hydrogen (secondary N) is 1. The monoisotopic (exact) mass is 614 g/mol. The number of amides is 1. The molecule has 12 heteroatoms. The average Bonchev–Trinajstić information content (AvgIpc) is 3.40. The van der Waals surface area contributed by atoms with Gasteiger partial charge in [-0.25, -0.2) is 12.8 Å². The van der Waals surface area contributed by atoms with Gasteiger partial charge in [-0.1, -0.05) is 35.3 Å². The Balaban J connectivity index is 1.13. The minimum atomic E-state index is -4.00. The molecule has 1 unspecified atom stereocenters. The Labute approximate surface area is 246 Å². The average molecular weight is 616 g/mol. The topological polar surface area (TPSA) is 105 Å². The highest BCUT2D eigenvalue weighted by molar-refractivity contribution is 7.92. The third-order valence-electron chi connectivity index (χ3n) is 7.95. The molecule has 1 N–H and O–H groups in total. The minimum absolute atomic E-state index is 0.0449. The first-order valence-corrected chi connectivity index (χ1v) is 15.3. The molecule has 1 atom stereocenters. The van der Waals surface area contributed by atoms with E-state index in [1.54, 1.807) is 29.2 Å². The van der Waals surface area contributed by atoms with E-state index in [1.165, 1.54) is 36.4 Å². The standard InChI is InChI=1S/C29H25Cl2FN4O4S/c1-17-5-6-20(14-25(17)31)35-41(38,39)21-7-8-24(30)22(15-21)28(37)36-11-9-29(10-12-36)16-23(29)27-34-33-26(40-27)18-3-2-4-19(32)13-18/h2-8,13-15,23,35H,9-12,16H2,1H3. The van der Waals surface area contributed by atoms with Crippen LogP contribution in [-0.4, -0.2) is 42.5 Å². The molecular weight excluding hydrogens is 590 g/mol. The van der Waals surface area contributed by atoms with Gasteiger partial charge >= 0.3 is 0 Å². The molecule has 1 aliphatic heterocycles. The van der Waals surface area contributed by atoms with Crippen LogP contribution in [0.2, 0.25) is 10.0 Å². The molecule has 41 heavy (non-hydrogen) atoms. The second-order valence-electron chi connectivity index (χ2n) is 10.6. The van der Waals surface area contributed by atoms with E-state index in [2.05, 4.69) is 14.9 Å². The third kappa shape index (κ3) is 5.43. The Hall–Kier alpha value is -3.47. The molecule has 2 aliphatic rings. The number of benzene rings is 3. The van der Waals surface area contributed by atoms with Crippen molar-refractivity contribution in [3.63, 3.8) is 0 Å². The van der Waals surface area contributed by atoms with Gasteiger partial charge < -0.3 is 9.32 Å². The molecule has 0 radical (unpaired) electrons. The van der Waals surface area contributed by atoms with Gasteiger partial charge in [-0.05, 0) is 85.7 Å². The molecule has 212 valence electrons. The third-order valence-corrected chi connectivity index (χ3v) is 10.1. The highest BCUT2D eigenvalue weighted by Gasteiger charge is 2.58. The minimum Gasteiger partial charge on any atom is -0.420 e. The Kier molecular flexibility index (Phi) is 7.04. The number of nitrogens with zero attached hydrogens (tertiary/aromatic N) is 3. The van der Waals surface area contributed by atoms with Crippen LogP contribution in [0.5, 0.6) is 0 Å². The van der Waals surface area contributed by atoms with Crippen molar-refractivity contribution < 1.29 is 22.0 Å². The number of aryl methyl sites for hydroxylation is 1. The molecule has 2 heterocycles. The first-order chi connectivity index (χ1) is 19.5. The van der Waals surface area contributed by atoms with Crippen LogP contribution in [0.25, 0.3) is 11.5 Å². The van der Waals surface area contributed by atoms with Gasteiger partial charge in [0.05, 0.1) is 21.2 Å². The Bertz CT molecular complexity index is 1770. The number of carbonyl (C=O) groups is 1. The van der Waals surface area contributed by atoms with Crippen molar-refractivity contribution in [2.24, 2.45) is 5.41 Å². The Morgan fingerprint density at radius 1 is 1.05 bits per heavy atom. The molecule has 0 bridgehead atoms. The van der Waals surface area contributed by atoms with E-state index >= 15 is 0 Å². The predicted molar refractivity (Wildman–Crippen MR) is 153 cm³/mol. The van der Waals surface area contributed by atoms with Gasteiger partial charge in [-0.2, -0.15) is 0 Å².